The fourth-order valence-electron chi connectivity index (χ4n) is 2.48. The highest BCUT2D eigenvalue weighted by molar-refractivity contribution is 5.85. The number of nitrogens with one attached hydrogen (secondary N) is 2. The van der Waals surface area contributed by atoms with Crippen LogP contribution in [0.5, 0.6) is 0 Å². The number of halogens is 1. The zero-order valence-electron chi connectivity index (χ0n) is 14.7. The lowest BCUT2D eigenvalue weighted by molar-refractivity contribution is -0.121. The summed E-state index contributed by atoms with van der Waals surface area (Å²) in [5.74, 6) is 0.424. The first kappa shape index (κ1) is 21.0. The smallest absolute Gasteiger partial charge is 0.241 e. The molecular formula is C16H28ClN7O. The number of aromatic amines is 1. The number of hydrogen-bond donors (Lipinski definition) is 3. The van der Waals surface area contributed by atoms with Crippen molar-refractivity contribution in [2.24, 2.45) is 0 Å². The van der Waals surface area contributed by atoms with Crippen molar-refractivity contribution < 1.29 is 4.79 Å². The van der Waals surface area contributed by atoms with Crippen LogP contribution in [0, 0.1) is 0 Å². The van der Waals surface area contributed by atoms with E-state index in [4.69, 9.17) is 5.73 Å². The molecule has 0 aromatic carbocycles. The second-order valence-electron chi connectivity index (χ2n) is 5.97. The van der Waals surface area contributed by atoms with Gasteiger partial charge >= 0.3 is 0 Å². The molecule has 0 unspecified atom stereocenters. The van der Waals surface area contributed by atoms with E-state index in [0.29, 0.717) is 5.95 Å². The standard InChI is InChI=1S/C16H27N7O.ClH/c1-2-3-4-5-9-18-15(24)12-23-11-14(21-22-23)8-6-7-13-10-19-16(17)20-13;/h10-11H,2-9,12H2,1H3,(H,18,24)(H3,17,19,20);1H. The molecule has 0 saturated heterocycles. The van der Waals surface area contributed by atoms with Gasteiger partial charge < -0.3 is 16.0 Å². The van der Waals surface area contributed by atoms with Gasteiger partial charge in [-0.2, -0.15) is 0 Å². The molecule has 4 N–H and O–H groups in total. The highest BCUT2D eigenvalue weighted by Gasteiger charge is 2.06. The van der Waals surface area contributed by atoms with Crippen LogP contribution in [0.4, 0.5) is 5.95 Å². The van der Waals surface area contributed by atoms with Crippen molar-refractivity contribution in [3.63, 3.8) is 0 Å². The van der Waals surface area contributed by atoms with Crippen LogP contribution in [0.15, 0.2) is 12.4 Å². The Kier molecular flexibility index (Phi) is 9.61. The predicted molar refractivity (Wildman–Crippen MR) is 99.4 cm³/mol. The van der Waals surface area contributed by atoms with Gasteiger partial charge in [-0.15, -0.1) is 17.5 Å². The lowest BCUT2D eigenvalue weighted by Crippen LogP contribution is -2.28. The molecule has 2 rings (SSSR count). The number of carbonyl (C=O) groups is 1. The Bertz CT molecular complexity index is 626. The molecule has 0 spiro atoms. The van der Waals surface area contributed by atoms with Crippen LogP contribution in [0.1, 0.15) is 50.4 Å². The maximum atomic E-state index is 11.8. The molecule has 0 bridgehead atoms. The number of nitrogen functional groups attached to an aromatic ring is 1. The number of anilines is 1. The van der Waals surface area contributed by atoms with Gasteiger partial charge in [-0.3, -0.25) is 4.79 Å². The number of rotatable bonds is 11. The third-order valence-corrected chi connectivity index (χ3v) is 3.77. The molecule has 2 heterocycles. The van der Waals surface area contributed by atoms with Crippen molar-refractivity contribution in [2.75, 3.05) is 12.3 Å². The van der Waals surface area contributed by atoms with E-state index >= 15 is 0 Å². The van der Waals surface area contributed by atoms with Gasteiger partial charge in [-0.05, 0) is 25.7 Å². The fourth-order valence-corrected chi connectivity index (χ4v) is 2.48. The first-order chi connectivity index (χ1) is 11.7. The summed E-state index contributed by atoms with van der Waals surface area (Å²) in [7, 11) is 0. The summed E-state index contributed by atoms with van der Waals surface area (Å²) in [5, 5.41) is 11.0. The molecule has 25 heavy (non-hydrogen) atoms. The summed E-state index contributed by atoms with van der Waals surface area (Å²) < 4.78 is 1.59. The largest absolute Gasteiger partial charge is 0.369 e. The van der Waals surface area contributed by atoms with E-state index in [1.54, 1.807) is 10.9 Å². The normalized spacial score (nSPS) is 10.4. The van der Waals surface area contributed by atoms with Crippen molar-refractivity contribution in [1.29, 1.82) is 0 Å². The molecule has 9 heteroatoms. The highest BCUT2D eigenvalue weighted by Crippen LogP contribution is 2.05. The van der Waals surface area contributed by atoms with Crippen molar-refractivity contribution in [3.8, 4) is 0 Å². The molecule has 140 valence electrons. The Morgan fingerprint density at radius 1 is 1.28 bits per heavy atom. The molecule has 2 aromatic heterocycles. The Hall–Kier alpha value is -2.09. The van der Waals surface area contributed by atoms with Gasteiger partial charge in [0, 0.05) is 18.4 Å². The fraction of sp³-hybridized carbons (Fsp3) is 0.625. The summed E-state index contributed by atoms with van der Waals surface area (Å²) >= 11 is 0. The van der Waals surface area contributed by atoms with Gasteiger partial charge in [0.25, 0.3) is 0 Å². The van der Waals surface area contributed by atoms with E-state index < -0.39 is 0 Å². The average Bonchev–Trinajstić information content (AvgIpc) is 3.16. The third kappa shape index (κ3) is 8.02. The van der Waals surface area contributed by atoms with Crippen LogP contribution in [-0.2, 0) is 24.2 Å². The molecule has 0 fully saturated rings. The molecule has 2 aromatic rings. The van der Waals surface area contributed by atoms with Gasteiger partial charge in [0.15, 0.2) is 5.95 Å². The van der Waals surface area contributed by atoms with Crippen molar-refractivity contribution in [2.45, 2.75) is 58.4 Å². The third-order valence-electron chi connectivity index (χ3n) is 3.77. The number of hydrogen-bond acceptors (Lipinski definition) is 5. The number of aryl methyl sites for hydroxylation is 2. The van der Waals surface area contributed by atoms with E-state index in [-0.39, 0.29) is 24.9 Å². The second-order valence-corrected chi connectivity index (χ2v) is 5.97. The number of unbranched alkanes of at least 4 members (excludes halogenated alkanes) is 3. The quantitative estimate of drug-likeness (QED) is 0.523. The summed E-state index contributed by atoms with van der Waals surface area (Å²) in [6, 6.07) is 0. The topological polar surface area (TPSA) is 115 Å². The minimum atomic E-state index is -0.0177. The van der Waals surface area contributed by atoms with Crippen LogP contribution >= 0.6 is 12.4 Å². The maximum absolute atomic E-state index is 11.8. The minimum Gasteiger partial charge on any atom is -0.369 e. The van der Waals surface area contributed by atoms with Crippen LogP contribution < -0.4 is 11.1 Å². The van der Waals surface area contributed by atoms with Gasteiger partial charge in [0.2, 0.25) is 5.91 Å². The van der Waals surface area contributed by atoms with E-state index in [2.05, 4.69) is 32.5 Å². The number of carbonyl (C=O) groups excluding carboxylic acids is 1. The van der Waals surface area contributed by atoms with Gasteiger partial charge in [0.05, 0.1) is 11.9 Å². The van der Waals surface area contributed by atoms with Crippen LogP contribution in [0.25, 0.3) is 0 Å². The van der Waals surface area contributed by atoms with E-state index in [1.165, 1.54) is 12.8 Å². The molecule has 0 saturated carbocycles. The Balaban J connectivity index is 0.00000312. The van der Waals surface area contributed by atoms with Gasteiger partial charge in [0.1, 0.15) is 6.54 Å². The number of imidazole rings is 1. The first-order valence-electron chi connectivity index (χ1n) is 8.62. The Morgan fingerprint density at radius 3 is 2.84 bits per heavy atom. The zero-order chi connectivity index (χ0) is 17.2. The average molecular weight is 370 g/mol. The van der Waals surface area contributed by atoms with Crippen molar-refractivity contribution in [1.82, 2.24) is 30.3 Å². The van der Waals surface area contributed by atoms with E-state index in [9.17, 15) is 4.79 Å². The monoisotopic (exact) mass is 369 g/mol. The van der Waals surface area contributed by atoms with Crippen molar-refractivity contribution in [3.05, 3.63) is 23.8 Å². The first-order valence-corrected chi connectivity index (χ1v) is 8.62. The number of aromatic nitrogens is 5. The van der Waals surface area contributed by atoms with Crippen molar-refractivity contribution >= 4 is 24.3 Å². The van der Waals surface area contributed by atoms with Crippen LogP contribution in [-0.4, -0.2) is 37.4 Å². The Labute approximate surface area is 154 Å². The highest BCUT2D eigenvalue weighted by atomic mass is 35.5. The molecule has 8 nitrogen and oxygen atoms in total. The molecule has 0 aliphatic rings. The SMILES string of the molecule is CCCCCCNC(=O)Cn1cc(CCCc2cnc(N)[nH]2)nn1.Cl. The molecule has 0 aliphatic carbocycles. The summed E-state index contributed by atoms with van der Waals surface area (Å²) in [5.41, 5.74) is 7.44. The Morgan fingerprint density at radius 2 is 2.12 bits per heavy atom. The summed E-state index contributed by atoms with van der Waals surface area (Å²) in [6.07, 6.45) is 10.8. The zero-order valence-corrected chi connectivity index (χ0v) is 15.5. The van der Waals surface area contributed by atoms with E-state index in [1.807, 2.05) is 6.20 Å². The maximum Gasteiger partial charge on any atom is 0.241 e. The molecule has 0 atom stereocenters. The second kappa shape index (κ2) is 11.5. The molecule has 1 amide bonds. The number of nitrogens with two attached hydrogens (primary N) is 1. The number of nitrogens with zero attached hydrogens (tertiary/aromatic N) is 4. The van der Waals surface area contributed by atoms with E-state index in [0.717, 1.165) is 50.0 Å². The molecule has 0 radical (unpaired) electrons. The summed E-state index contributed by atoms with van der Waals surface area (Å²) in [4.78, 5) is 18.8. The van der Waals surface area contributed by atoms with Crippen LogP contribution in [0.3, 0.4) is 0 Å². The number of H-pyrrole nitrogens is 1. The minimum absolute atomic E-state index is 0. The predicted octanol–water partition coefficient (Wildman–Crippen LogP) is 1.88. The molecular weight excluding hydrogens is 342 g/mol. The van der Waals surface area contributed by atoms with Gasteiger partial charge in [-0.25, -0.2) is 9.67 Å². The van der Waals surface area contributed by atoms with Gasteiger partial charge in [-0.1, -0.05) is 31.4 Å². The van der Waals surface area contributed by atoms with Crippen LogP contribution in [0.2, 0.25) is 0 Å². The lowest BCUT2D eigenvalue weighted by atomic mass is 10.2. The number of amides is 1. The summed E-state index contributed by atoms with van der Waals surface area (Å²) in [6.45, 7) is 3.12. The molecule has 0 aliphatic heterocycles. The lowest BCUT2D eigenvalue weighted by Gasteiger charge is -2.04.